The second-order valence-electron chi connectivity index (χ2n) is 7.32. The third kappa shape index (κ3) is 5.32. The van der Waals surface area contributed by atoms with Crippen LogP contribution in [0.1, 0.15) is 53.9 Å². The van der Waals surface area contributed by atoms with Gasteiger partial charge < -0.3 is 4.90 Å². The summed E-state index contributed by atoms with van der Waals surface area (Å²) in [5.74, 6) is 0.649. The number of carbonyl (C=O) groups is 1. The Morgan fingerprint density at radius 3 is 2.24 bits per heavy atom. The van der Waals surface area contributed by atoms with Crippen LogP contribution < -0.4 is 0 Å². The van der Waals surface area contributed by atoms with Gasteiger partial charge in [-0.1, -0.05) is 41.0 Å². The normalized spacial score (nSPS) is 19.9. The molecule has 1 fully saturated rings. The van der Waals surface area contributed by atoms with Gasteiger partial charge in [-0.15, -0.1) is 0 Å². The summed E-state index contributed by atoms with van der Waals surface area (Å²) in [7, 11) is 0. The average Bonchev–Trinajstić information content (AvgIpc) is 2.43. The minimum atomic E-state index is 0.0146. The molecule has 1 amide bonds. The molecule has 0 aromatic carbocycles. The molecule has 0 aliphatic carbocycles. The lowest BCUT2D eigenvalue weighted by molar-refractivity contribution is -0.134. The molecular formula is C17H31N3O. The molecule has 1 rings (SSSR count). The topological polar surface area (TPSA) is 47.3 Å². The lowest BCUT2D eigenvalue weighted by Gasteiger charge is -2.38. The Bertz CT molecular complexity index is 372. The van der Waals surface area contributed by atoms with Crippen molar-refractivity contribution in [1.82, 2.24) is 9.80 Å². The number of hydrogen-bond acceptors (Lipinski definition) is 3. The Kier molecular flexibility index (Phi) is 6.67. The van der Waals surface area contributed by atoms with Crippen molar-refractivity contribution in [1.29, 1.82) is 5.26 Å². The Labute approximate surface area is 130 Å². The molecular weight excluding hydrogens is 262 g/mol. The summed E-state index contributed by atoms with van der Waals surface area (Å²) in [6.07, 6.45) is 2.58. The fraction of sp³-hybridized carbons (Fsp3) is 0.882. The van der Waals surface area contributed by atoms with Gasteiger partial charge in [0.05, 0.1) is 12.1 Å². The van der Waals surface area contributed by atoms with Gasteiger partial charge in [-0.3, -0.25) is 9.69 Å². The quantitative estimate of drug-likeness (QED) is 0.783. The maximum Gasteiger partial charge on any atom is 0.222 e. The van der Waals surface area contributed by atoms with E-state index < -0.39 is 0 Å². The fourth-order valence-electron chi connectivity index (χ4n) is 2.58. The van der Waals surface area contributed by atoms with E-state index in [9.17, 15) is 10.1 Å². The van der Waals surface area contributed by atoms with Crippen LogP contribution in [0.2, 0.25) is 0 Å². The Morgan fingerprint density at radius 1 is 1.24 bits per heavy atom. The van der Waals surface area contributed by atoms with Gasteiger partial charge in [-0.2, -0.15) is 5.26 Å². The average molecular weight is 293 g/mol. The molecule has 120 valence electrons. The molecule has 1 aliphatic heterocycles. The summed E-state index contributed by atoms with van der Waals surface area (Å²) >= 11 is 0. The molecule has 0 aromatic rings. The van der Waals surface area contributed by atoms with Crippen molar-refractivity contribution in [2.45, 2.75) is 59.9 Å². The molecule has 2 atom stereocenters. The zero-order valence-electron chi connectivity index (χ0n) is 14.4. The molecule has 1 aliphatic rings. The van der Waals surface area contributed by atoms with Crippen molar-refractivity contribution < 1.29 is 4.79 Å². The summed E-state index contributed by atoms with van der Waals surface area (Å²) in [5.41, 5.74) is 0.171. The summed E-state index contributed by atoms with van der Waals surface area (Å²) < 4.78 is 0. The van der Waals surface area contributed by atoms with Crippen LogP contribution in [0.5, 0.6) is 0 Å². The number of nitrogens with zero attached hydrogens (tertiary/aromatic N) is 3. The third-order valence-electron chi connectivity index (χ3n) is 4.78. The molecule has 0 aromatic heterocycles. The van der Waals surface area contributed by atoms with E-state index in [-0.39, 0.29) is 17.4 Å². The van der Waals surface area contributed by atoms with Gasteiger partial charge in [0, 0.05) is 32.6 Å². The molecule has 2 unspecified atom stereocenters. The van der Waals surface area contributed by atoms with Gasteiger partial charge >= 0.3 is 0 Å². The van der Waals surface area contributed by atoms with Gasteiger partial charge in [0.25, 0.3) is 0 Å². The van der Waals surface area contributed by atoms with E-state index in [4.69, 9.17) is 0 Å². The Morgan fingerprint density at radius 2 is 1.81 bits per heavy atom. The first-order chi connectivity index (χ1) is 9.79. The largest absolute Gasteiger partial charge is 0.340 e. The van der Waals surface area contributed by atoms with Crippen molar-refractivity contribution in [2.75, 3.05) is 26.2 Å². The number of nitriles is 1. The lowest BCUT2D eigenvalue weighted by Crippen LogP contribution is -2.52. The number of rotatable bonds is 5. The maximum atomic E-state index is 12.4. The van der Waals surface area contributed by atoms with E-state index in [1.54, 1.807) is 0 Å². The third-order valence-corrected chi connectivity index (χ3v) is 4.78. The zero-order valence-corrected chi connectivity index (χ0v) is 14.4. The Balaban J connectivity index is 2.46. The summed E-state index contributed by atoms with van der Waals surface area (Å²) in [6, 6.07) is 2.41. The summed E-state index contributed by atoms with van der Waals surface area (Å²) in [5, 5.41) is 9.22. The first kappa shape index (κ1) is 18.0. The van der Waals surface area contributed by atoms with E-state index in [0.29, 0.717) is 12.3 Å². The highest BCUT2D eigenvalue weighted by Crippen LogP contribution is 2.28. The molecule has 4 nitrogen and oxygen atoms in total. The second kappa shape index (κ2) is 7.79. The van der Waals surface area contributed by atoms with Crippen LogP contribution in [-0.4, -0.2) is 47.9 Å². The van der Waals surface area contributed by atoms with Crippen LogP contribution in [0.3, 0.4) is 0 Å². The van der Waals surface area contributed by atoms with Crippen LogP contribution in [0, 0.1) is 22.7 Å². The smallest absolute Gasteiger partial charge is 0.222 e. The van der Waals surface area contributed by atoms with Crippen LogP contribution >= 0.6 is 0 Å². The van der Waals surface area contributed by atoms with E-state index >= 15 is 0 Å². The SMILES string of the molecule is CCCC(C#N)N1CCN(C(=O)CC(C)C(C)(C)C)CC1. The number of hydrogen-bond donors (Lipinski definition) is 0. The zero-order chi connectivity index (χ0) is 16.0. The molecule has 21 heavy (non-hydrogen) atoms. The molecule has 0 radical (unpaired) electrons. The molecule has 1 heterocycles. The van der Waals surface area contributed by atoms with E-state index in [1.807, 2.05) is 4.90 Å². The van der Waals surface area contributed by atoms with Crippen LogP contribution in [0.15, 0.2) is 0 Å². The predicted molar refractivity (Wildman–Crippen MR) is 85.7 cm³/mol. The van der Waals surface area contributed by atoms with Crippen LogP contribution in [0.4, 0.5) is 0 Å². The van der Waals surface area contributed by atoms with E-state index in [1.165, 1.54) is 0 Å². The van der Waals surface area contributed by atoms with Crippen molar-refractivity contribution >= 4 is 5.91 Å². The minimum absolute atomic E-state index is 0.0146. The first-order valence-electron chi connectivity index (χ1n) is 8.21. The van der Waals surface area contributed by atoms with E-state index in [0.717, 1.165) is 39.0 Å². The number of piperazine rings is 1. The molecule has 0 spiro atoms. The highest BCUT2D eigenvalue weighted by Gasteiger charge is 2.28. The first-order valence-corrected chi connectivity index (χ1v) is 8.21. The monoisotopic (exact) mass is 293 g/mol. The van der Waals surface area contributed by atoms with E-state index in [2.05, 4.69) is 45.6 Å². The predicted octanol–water partition coefficient (Wildman–Crippen LogP) is 2.90. The summed E-state index contributed by atoms with van der Waals surface area (Å²) in [4.78, 5) is 16.6. The van der Waals surface area contributed by atoms with Gasteiger partial charge in [0.15, 0.2) is 0 Å². The van der Waals surface area contributed by atoms with Crippen molar-refractivity contribution in [3.05, 3.63) is 0 Å². The standard InChI is InChI=1S/C17H31N3O/c1-6-7-15(13-18)19-8-10-20(11-9-19)16(21)12-14(2)17(3,4)5/h14-15H,6-12H2,1-5H3. The maximum absolute atomic E-state index is 12.4. The number of amides is 1. The van der Waals surface area contributed by atoms with Gasteiger partial charge in [0.1, 0.15) is 0 Å². The number of carbonyl (C=O) groups excluding carboxylic acids is 1. The molecule has 4 heteroatoms. The Hall–Kier alpha value is -1.08. The van der Waals surface area contributed by atoms with Crippen LogP contribution in [0.25, 0.3) is 0 Å². The summed E-state index contributed by atoms with van der Waals surface area (Å²) in [6.45, 7) is 14.0. The molecule has 0 N–H and O–H groups in total. The van der Waals surface area contributed by atoms with Gasteiger partial charge in [0.2, 0.25) is 5.91 Å². The fourth-order valence-corrected chi connectivity index (χ4v) is 2.58. The van der Waals surface area contributed by atoms with Crippen LogP contribution in [-0.2, 0) is 4.79 Å². The highest BCUT2D eigenvalue weighted by atomic mass is 16.2. The van der Waals surface area contributed by atoms with Gasteiger partial charge in [-0.25, -0.2) is 0 Å². The molecule has 0 saturated carbocycles. The lowest BCUT2D eigenvalue weighted by atomic mass is 9.80. The minimum Gasteiger partial charge on any atom is -0.340 e. The molecule has 1 saturated heterocycles. The van der Waals surface area contributed by atoms with Crippen molar-refractivity contribution in [2.24, 2.45) is 11.3 Å². The van der Waals surface area contributed by atoms with Crippen molar-refractivity contribution in [3.8, 4) is 6.07 Å². The van der Waals surface area contributed by atoms with Crippen molar-refractivity contribution in [3.63, 3.8) is 0 Å². The second-order valence-corrected chi connectivity index (χ2v) is 7.32. The molecule has 0 bridgehead atoms. The highest BCUT2D eigenvalue weighted by molar-refractivity contribution is 5.76. The van der Waals surface area contributed by atoms with Gasteiger partial charge in [-0.05, 0) is 17.8 Å².